The van der Waals surface area contributed by atoms with Crippen LogP contribution in [0.3, 0.4) is 0 Å². The molecule has 0 spiro atoms. The Morgan fingerprint density at radius 3 is 2.36 bits per heavy atom. The number of ether oxygens (including phenoxy) is 1. The largest absolute Gasteiger partial charge is 0.496 e. The topological polar surface area (TPSA) is 116 Å². The second-order valence-electron chi connectivity index (χ2n) is 5.52. The summed E-state index contributed by atoms with van der Waals surface area (Å²) in [5.41, 5.74) is 2.59. The predicted molar refractivity (Wildman–Crippen MR) is 93.6 cm³/mol. The minimum absolute atomic E-state index is 0.113. The molecule has 0 unspecified atom stereocenters. The molecule has 0 aliphatic rings. The molecule has 0 radical (unpaired) electrons. The summed E-state index contributed by atoms with van der Waals surface area (Å²) in [7, 11) is -2.71. The third kappa shape index (κ3) is 5.69. The molecule has 0 saturated carbocycles. The molecule has 0 heterocycles. The van der Waals surface area contributed by atoms with Crippen molar-refractivity contribution in [3.63, 3.8) is 0 Å². The Kier molecular flexibility index (Phi) is 6.33. The quantitative estimate of drug-likeness (QED) is 0.529. The molecule has 0 fully saturated rings. The Morgan fingerprint density at radius 1 is 1.16 bits per heavy atom. The summed E-state index contributed by atoms with van der Waals surface area (Å²) in [5, 5.41) is 11.6. The minimum Gasteiger partial charge on any atom is -0.496 e. The molecule has 2 rings (SSSR count). The zero-order valence-electron chi connectivity index (χ0n) is 13.6. The molecular weight excluding hydrogens is 345 g/mol. The molecule has 25 heavy (non-hydrogen) atoms. The van der Waals surface area contributed by atoms with Gasteiger partial charge in [-0.15, -0.1) is 0 Å². The van der Waals surface area contributed by atoms with Crippen molar-refractivity contribution in [2.24, 2.45) is 0 Å². The average molecular weight is 365 g/mol. The molecule has 0 saturated heterocycles. The van der Waals surface area contributed by atoms with E-state index in [1.165, 1.54) is 0 Å². The summed E-state index contributed by atoms with van der Waals surface area (Å²) in [4.78, 5) is 29.0. The fourth-order valence-corrected chi connectivity index (χ4v) is 2.87. The van der Waals surface area contributed by atoms with E-state index >= 15 is 0 Å². The molecule has 0 aromatic heterocycles. The summed E-state index contributed by atoms with van der Waals surface area (Å²) in [6.07, 6.45) is -0.565. The van der Waals surface area contributed by atoms with Crippen LogP contribution < -0.4 is 10.1 Å². The van der Waals surface area contributed by atoms with Crippen LogP contribution in [-0.2, 0) is 15.8 Å². The average Bonchev–Trinajstić information content (AvgIpc) is 2.58. The number of carbonyl (C=O) groups is 1. The van der Waals surface area contributed by atoms with Crippen LogP contribution in [0.15, 0.2) is 48.5 Å². The second-order valence-corrected chi connectivity index (χ2v) is 7.16. The lowest BCUT2D eigenvalue weighted by Gasteiger charge is -2.15. The maximum Gasteiger partial charge on any atom is 0.339 e. The molecular formula is C17H20NO6P. The van der Waals surface area contributed by atoms with Crippen molar-refractivity contribution in [1.82, 2.24) is 5.32 Å². The molecule has 134 valence electrons. The summed E-state index contributed by atoms with van der Waals surface area (Å²) in [6.45, 7) is 0. The highest BCUT2D eigenvalue weighted by atomic mass is 31.2. The Morgan fingerprint density at radius 2 is 1.80 bits per heavy atom. The molecule has 0 amide bonds. The molecule has 2 aromatic rings. The molecule has 0 aliphatic carbocycles. The number of para-hydroxylation sites is 1. The van der Waals surface area contributed by atoms with Crippen molar-refractivity contribution in [1.29, 1.82) is 0 Å². The van der Waals surface area contributed by atoms with Crippen molar-refractivity contribution < 1.29 is 29.0 Å². The van der Waals surface area contributed by atoms with Gasteiger partial charge in [-0.05, 0) is 23.6 Å². The van der Waals surface area contributed by atoms with E-state index in [0.717, 1.165) is 22.4 Å². The van der Waals surface area contributed by atoms with E-state index in [9.17, 15) is 14.5 Å². The van der Waals surface area contributed by atoms with E-state index in [1.807, 2.05) is 36.4 Å². The Labute approximate surface area is 145 Å². The van der Waals surface area contributed by atoms with Gasteiger partial charge in [0.2, 0.25) is 0 Å². The van der Waals surface area contributed by atoms with Crippen molar-refractivity contribution in [2.75, 3.05) is 13.4 Å². The number of hydrogen-bond donors (Lipinski definition) is 4. The lowest BCUT2D eigenvalue weighted by Crippen LogP contribution is -2.39. The van der Waals surface area contributed by atoms with E-state index in [2.05, 4.69) is 5.32 Å². The van der Waals surface area contributed by atoms with Crippen LogP contribution in [0.25, 0.3) is 11.1 Å². The predicted octanol–water partition coefficient (Wildman–Crippen LogP) is 2.08. The zero-order valence-corrected chi connectivity index (χ0v) is 14.5. The SMILES string of the molecule is COc1ccccc1-c1ccc(C[C@H](NCP(=O)(O)O)C(=O)O)cc1. The number of benzene rings is 2. The van der Waals surface area contributed by atoms with Gasteiger partial charge < -0.3 is 19.6 Å². The van der Waals surface area contributed by atoms with Gasteiger partial charge in [0, 0.05) is 5.56 Å². The monoisotopic (exact) mass is 365 g/mol. The number of aliphatic carboxylic acids is 1. The minimum atomic E-state index is -4.31. The second kappa shape index (κ2) is 8.27. The van der Waals surface area contributed by atoms with E-state index in [4.69, 9.17) is 14.5 Å². The van der Waals surface area contributed by atoms with Gasteiger partial charge in [-0.2, -0.15) is 0 Å². The first-order valence-electron chi connectivity index (χ1n) is 7.53. The maximum absolute atomic E-state index is 11.3. The Bertz CT molecular complexity index is 771. The van der Waals surface area contributed by atoms with Crippen molar-refractivity contribution in [2.45, 2.75) is 12.5 Å². The van der Waals surface area contributed by atoms with Gasteiger partial charge in [-0.25, -0.2) is 0 Å². The van der Waals surface area contributed by atoms with Crippen molar-refractivity contribution in [3.05, 3.63) is 54.1 Å². The Balaban J connectivity index is 2.13. The normalized spacial score (nSPS) is 12.6. The summed E-state index contributed by atoms with van der Waals surface area (Å²) in [5.74, 6) is -0.427. The highest BCUT2D eigenvalue weighted by Crippen LogP contribution is 2.32. The third-order valence-corrected chi connectivity index (χ3v) is 4.25. The molecule has 8 heteroatoms. The highest BCUT2D eigenvalue weighted by Gasteiger charge is 2.22. The summed E-state index contributed by atoms with van der Waals surface area (Å²) >= 11 is 0. The van der Waals surface area contributed by atoms with Crippen LogP contribution in [0.2, 0.25) is 0 Å². The fourth-order valence-electron chi connectivity index (χ4n) is 2.42. The lowest BCUT2D eigenvalue weighted by molar-refractivity contribution is -0.139. The van der Waals surface area contributed by atoms with Gasteiger partial charge >= 0.3 is 13.6 Å². The van der Waals surface area contributed by atoms with Crippen LogP contribution in [0, 0.1) is 0 Å². The maximum atomic E-state index is 11.3. The van der Waals surface area contributed by atoms with Gasteiger partial charge in [0.05, 0.1) is 13.4 Å². The van der Waals surface area contributed by atoms with E-state index in [1.54, 1.807) is 19.2 Å². The summed E-state index contributed by atoms with van der Waals surface area (Å²) < 4.78 is 16.2. The lowest BCUT2D eigenvalue weighted by atomic mass is 10.00. The Hall–Kier alpha value is -2.18. The zero-order chi connectivity index (χ0) is 18.4. The van der Waals surface area contributed by atoms with Gasteiger partial charge in [-0.3, -0.25) is 14.7 Å². The highest BCUT2D eigenvalue weighted by molar-refractivity contribution is 7.51. The van der Waals surface area contributed by atoms with E-state index in [-0.39, 0.29) is 6.42 Å². The van der Waals surface area contributed by atoms with Crippen LogP contribution in [0.1, 0.15) is 5.56 Å². The first-order chi connectivity index (χ1) is 11.8. The van der Waals surface area contributed by atoms with E-state index in [0.29, 0.717) is 0 Å². The van der Waals surface area contributed by atoms with Gasteiger partial charge in [-0.1, -0.05) is 42.5 Å². The smallest absolute Gasteiger partial charge is 0.339 e. The van der Waals surface area contributed by atoms with Crippen LogP contribution in [0.5, 0.6) is 5.75 Å². The van der Waals surface area contributed by atoms with Crippen LogP contribution >= 0.6 is 7.60 Å². The fraction of sp³-hybridized carbons (Fsp3) is 0.235. The van der Waals surface area contributed by atoms with Gasteiger partial charge in [0.1, 0.15) is 11.8 Å². The number of rotatable bonds is 8. The first kappa shape index (κ1) is 19.1. The summed E-state index contributed by atoms with van der Waals surface area (Å²) in [6, 6.07) is 13.8. The van der Waals surface area contributed by atoms with Crippen LogP contribution in [-0.4, -0.2) is 40.3 Å². The van der Waals surface area contributed by atoms with Gasteiger partial charge in [0.25, 0.3) is 0 Å². The molecule has 2 aromatic carbocycles. The molecule has 0 aliphatic heterocycles. The molecule has 4 N–H and O–H groups in total. The number of hydrogen-bond acceptors (Lipinski definition) is 4. The number of nitrogens with one attached hydrogen (secondary N) is 1. The molecule has 1 atom stereocenters. The van der Waals surface area contributed by atoms with Crippen LogP contribution in [0.4, 0.5) is 0 Å². The number of methoxy groups -OCH3 is 1. The first-order valence-corrected chi connectivity index (χ1v) is 9.33. The standard InChI is InChI=1S/C17H20NO6P/c1-24-16-5-3-2-4-14(16)13-8-6-12(7-9-13)10-15(17(19)20)18-11-25(21,22)23/h2-9,15,18H,10-11H2,1H3,(H,19,20)(H2,21,22,23)/t15-/m0/s1. The molecule has 0 bridgehead atoms. The van der Waals surface area contributed by atoms with Gasteiger partial charge in [0.15, 0.2) is 0 Å². The van der Waals surface area contributed by atoms with Crippen molar-refractivity contribution >= 4 is 13.6 Å². The molecule has 7 nitrogen and oxygen atoms in total. The van der Waals surface area contributed by atoms with Crippen molar-refractivity contribution in [3.8, 4) is 16.9 Å². The number of carboxylic acids is 1. The number of carboxylic acid groups (broad SMARTS) is 1. The van der Waals surface area contributed by atoms with E-state index < -0.39 is 25.9 Å². The third-order valence-electron chi connectivity index (χ3n) is 3.65.